The van der Waals surface area contributed by atoms with Gasteiger partial charge < -0.3 is 10.1 Å². The predicted molar refractivity (Wildman–Crippen MR) is 110 cm³/mol. The molecule has 2 heterocycles. The van der Waals surface area contributed by atoms with Crippen LogP contribution in [0.5, 0.6) is 5.88 Å². The number of amides is 1. The number of aryl methyl sites for hydroxylation is 1. The lowest BCUT2D eigenvalue weighted by molar-refractivity contribution is 0.0942. The maximum Gasteiger partial charge on any atom is 0.276 e. The summed E-state index contributed by atoms with van der Waals surface area (Å²) in [6.07, 6.45) is 3.59. The maximum atomic E-state index is 12.7. The molecule has 2 aromatic heterocycles. The number of hydrogen-bond donors (Lipinski definition) is 1. The van der Waals surface area contributed by atoms with E-state index in [1.54, 1.807) is 23.9 Å². The number of aromatic nitrogens is 3. The number of carbonyl (C=O) groups excluding carboxylic acids is 1. The summed E-state index contributed by atoms with van der Waals surface area (Å²) < 4.78 is 7.27. The lowest BCUT2D eigenvalue weighted by Gasteiger charge is -2.12. The Hall–Kier alpha value is -3.48. The Bertz CT molecular complexity index is 1030. The fourth-order valence-corrected chi connectivity index (χ4v) is 2.80. The van der Waals surface area contributed by atoms with E-state index in [0.717, 1.165) is 24.1 Å². The standard InChI is InChI=1S/C22H24N4O3/c1-3-4-13-29-22-17(9-8-12-23-22)15-24-21(28)20-19(27)14-16(2)26(25-20)18-10-6-5-7-11-18/h5-12,14H,3-4,13,15H2,1-2H3,(H,24,28). The van der Waals surface area contributed by atoms with Crippen molar-refractivity contribution in [3.8, 4) is 11.6 Å². The third-order valence-electron chi connectivity index (χ3n) is 4.35. The van der Waals surface area contributed by atoms with E-state index in [-0.39, 0.29) is 12.2 Å². The van der Waals surface area contributed by atoms with E-state index in [1.807, 2.05) is 36.4 Å². The predicted octanol–water partition coefficient (Wildman–Crippen LogP) is 3.04. The summed E-state index contributed by atoms with van der Waals surface area (Å²) >= 11 is 0. The molecule has 0 aliphatic rings. The number of carbonyl (C=O) groups is 1. The monoisotopic (exact) mass is 392 g/mol. The van der Waals surface area contributed by atoms with Gasteiger partial charge in [-0.25, -0.2) is 9.67 Å². The van der Waals surface area contributed by atoms with Crippen molar-refractivity contribution >= 4 is 5.91 Å². The molecule has 1 N–H and O–H groups in total. The topological polar surface area (TPSA) is 86.1 Å². The van der Waals surface area contributed by atoms with Gasteiger partial charge in [-0.3, -0.25) is 9.59 Å². The van der Waals surface area contributed by atoms with E-state index in [4.69, 9.17) is 4.74 Å². The highest BCUT2D eigenvalue weighted by Gasteiger charge is 2.16. The Kier molecular flexibility index (Phi) is 6.73. The molecule has 7 heteroatoms. The number of rotatable bonds is 8. The molecule has 0 atom stereocenters. The quantitative estimate of drug-likeness (QED) is 0.596. The van der Waals surface area contributed by atoms with Crippen LogP contribution in [0.15, 0.2) is 59.5 Å². The summed E-state index contributed by atoms with van der Waals surface area (Å²) in [6.45, 7) is 4.61. The molecule has 3 rings (SSSR count). The second-order valence-electron chi connectivity index (χ2n) is 6.60. The molecule has 3 aromatic rings. The summed E-state index contributed by atoms with van der Waals surface area (Å²) in [7, 11) is 0. The van der Waals surface area contributed by atoms with Crippen molar-refractivity contribution in [2.45, 2.75) is 33.2 Å². The van der Waals surface area contributed by atoms with Crippen LogP contribution < -0.4 is 15.5 Å². The van der Waals surface area contributed by atoms with E-state index in [0.29, 0.717) is 18.2 Å². The second-order valence-corrected chi connectivity index (χ2v) is 6.60. The number of para-hydroxylation sites is 1. The summed E-state index contributed by atoms with van der Waals surface area (Å²) in [5, 5.41) is 7.03. The van der Waals surface area contributed by atoms with E-state index in [2.05, 4.69) is 22.3 Å². The van der Waals surface area contributed by atoms with Crippen molar-refractivity contribution in [3.05, 3.63) is 81.9 Å². The normalized spacial score (nSPS) is 10.6. The van der Waals surface area contributed by atoms with Crippen LogP contribution in [0.1, 0.15) is 41.5 Å². The lowest BCUT2D eigenvalue weighted by atomic mass is 10.2. The van der Waals surface area contributed by atoms with E-state index >= 15 is 0 Å². The number of ether oxygens (including phenoxy) is 1. The van der Waals surface area contributed by atoms with Crippen LogP contribution in [-0.2, 0) is 6.54 Å². The lowest BCUT2D eigenvalue weighted by Crippen LogP contribution is -2.31. The van der Waals surface area contributed by atoms with Crippen molar-refractivity contribution in [1.82, 2.24) is 20.1 Å². The Labute approximate surface area is 169 Å². The van der Waals surface area contributed by atoms with Gasteiger partial charge in [0.1, 0.15) is 0 Å². The van der Waals surface area contributed by atoms with Crippen LogP contribution >= 0.6 is 0 Å². The van der Waals surface area contributed by atoms with Crippen LogP contribution in [0.3, 0.4) is 0 Å². The van der Waals surface area contributed by atoms with Crippen LogP contribution in [0.2, 0.25) is 0 Å². The highest BCUT2D eigenvalue weighted by Crippen LogP contribution is 2.14. The molecule has 0 aliphatic carbocycles. The Morgan fingerprint density at radius 1 is 1.17 bits per heavy atom. The van der Waals surface area contributed by atoms with Gasteiger partial charge in [-0.05, 0) is 31.5 Å². The van der Waals surface area contributed by atoms with Crippen molar-refractivity contribution in [2.75, 3.05) is 6.61 Å². The summed E-state index contributed by atoms with van der Waals surface area (Å²) in [4.78, 5) is 29.2. The second kappa shape index (κ2) is 9.64. The van der Waals surface area contributed by atoms with E-state index in [9.17, 15) is 9.59 Å². The molecule has 0 saturated carbocycles. The Balaban J connectivity index is 1.78. The zero-order valence-electron chi connectivity index (χ0n) is 16.6. The van der Waals surface area contributed by atoms with Gasteiger partial charge in [0.15, 0.2) is 5.69 Å². The van der Waals surface area contributed by atoms with Crippen LogP contribution in [-0.4, -0.2) is 27.3 Å². The van der Waals surface area contributed by atoms with Gasteiger partial charge in [-0.1, -0.05) is 37.6 Å². The summed E-state index contributed by atoms with van der Waals surface area (Å²) in [5.74, 6) is -0.0529. The molecule has 0 radical (unpaired) electrons. The fourth-order valence-electron chi connectivity index (χ4n) is 2.80. The first-order valence-corrected chi connectivity index (χ1v) is 9.61. The average Bonchev–Trinajstić information content (AvgIpc) is 2.73. The third-order valence-corrected chi connectivity index (χ3v) is 4.35. The zero-order valence-corrected chi connectivity index (χ0v) is 16.6. The van der Waals surface area contributed by atoms with Gasteiger partial charge in [0, 0.05) is 30.1 Å². The minimum absolute atomic E-state index is 0.156. The molecule has 0 unspecified atom stereocenters. The molecule has 0 bridgehead atoms. The number of pyridine rings is 1. The minimum Gasteiger partial charge on any atom is -0.477 e. The van der Waals surface area contributed by atoms with Crippen LogP contribution in [0.4, 0.5) is 0 Å². The van der Waals surface area contributed by atoms with Crippen molar-refractivity contribution in [2.24, 2.45) is 0 Å². The fraction of sp³-hybridized carbons (Fsp3) is 0.273. The molecule has 0 saturated heterocycles. The molecule has 0 aliphatic heterocycles. The molecular formula is C22H24N4O3. The van der Waals surface area contributed by atoms with Crippen molar-refractivity contribution < 1.29 is 9.53 Å². The molecule has 150 valence electrons. The first-order chi connectivity index (χ1) is 14.1. The first-order valence-electron chi connectivity index (χ1n) is 9.61. The molecule has 0 spiro atoms. The summed E-state index contributed by atoms with van der Waals surface area (Å²) in [6, 6.07) is 14.4. The van der Waals surface area contributed by atoms with Gasteiger partial charge in [0.25, 0.3) is 5.91 Å². The molecular weight excluding hydrogens is 368 g/mol. The van der Waals surface area contributed by atoms with Gasteiger partial charge in [0.05, 0.1) is 12.3 Å². The van der Waals surface area contributed by atoms with Crippen molar-refractivity contribution in [1.29, 1.82) is 0 Å². The molecule has 29 heavy (non-hydrogen) atoms. The van der Waals surface area contributed by atoms with Crippen LogP contribution in [0, 0.1) is 6.92 Å². The van der Waals surface area contributed by atoms with Gasteiger partial charge in [-0.2, -0.15) is 5.10 Å². The number of unbranched alkanes of at least 4 members (excludes halogenated alkanes) is 1. The molecule has 0 fully saturated rings. The smallest absolute Gasteiger partial charge is 0.276 e. The van der Waals surface area contributed by atoms with Gasteiger partial charge in [-0.15, -0.1) is 0 Å². The SMILES string of the molecule is CCCCOc1ncccc1CNC(=O)c1nn(-c2ccccc2)c(C)cc1=O. The van der Waals surface area contributed by atoms with Gasteiger partial charge >= 0.3 is 0 Å². The maximum absolute atomic E-state index is 12.7. The molecule has 1 amide bonds. The zero-order chi connectivity index (χ0) is 20.6. The number of hydrogen-bond acceptors (Lipinski definition) is 5. The largest absolute Gasteiger partial charge is 0.477 e. The number of benzene rings is 1. The van der Waals surface area contributed by atoms with Crippen LogP contribution in [0.25, 0.3) is 5.69 Å². The molecule has 7 nitrogen and oxygen atoms in total. The van der Waals surface area contributed by atoms with E-state index < -0.39 is 11.3 Å². The van der Waals surface area contributed by atoms with Gasteiger partial charge in [0.2, 0.25) is 11.3 Å². The highest BCUT2D eigenvalue weighted by atomic mass is 16.5. The number of nitrogens with one attached hydrogen (secondary N) is 1. The first kappa shape index (κ1) is 20.3. The minimum atomic E-state index is -0.539. The average molecular weight is 392 g/mol. The van der Waals surface area contributed by atoms with Crippen molar-refractivity contribution in [3.63, 3.8) is 0 Å². The number of nitrogens with zero attached hydrogens (tertiary/aromatic N) is 3. The van der Waals surface area contributed by atoms with E-state index in [1.165, 1.54) is 6.07 Å². The summed E-state index contributed by atoms with van der Waals surface area (Å²) in [5.41, 5.74) is 1.59. The Morgan fingerprint density at radius 2 is 1.97 bits per heavy atom. The Morgan fingerprint density at radius 3 is 2.72 bits per heavy atom. The molecule has 1 aromatic carbocycles. The third kappa shape index (κ3) is 5.07. The highest BCUT2D eigenvalue weighted by molar-refractivity contribution is 5.92.